The van der Waals surface area contributed by atoms with Gasteiger partial charge in [-0.1, -0.05) is 6.92 Å². The smallest absolute Gasteiger partial charge is 0.320 e. The summed E-state index contributed by atoms with van der Waals surface area (Å²) in [6.07, 6.45) is 0.891. The normalized spacial score (nSPS) is 19.4. The van der Waals surface area contributed by atoms with Crippen LogP contribution in [0.25, 0.3) is 0 Å². The molecule has 1 atom stereocenters. The van der Waals surface area contributed by atoms with E-state index in [-0.39, 0.29) is 11.9 Å². The van der Waals surface area contributed by atoms with E-state index in [0.29, 0.717) is 6.54 Å². The number of urea groups is 1. The standard InChI is InChI=1S/C9H16N2O2/c1-3-10-4-5-11(9(10)13)6-8(2)7-12/h7-8H,3-6H2,1-2H3. The van der Waals surface area contributed by atoms with Gasteiger partial charge in [0.15, 0.2) is 0 Å². The number of hydrogen-bond donors (Lipinski definition) is 0. The summed E-state index contributed by atoms with van der Waals surface area (Å²) in [6.45, 7) is 6.65. The van der Waals surface area contributed by atoms with Gasteiger partial charge < -0.3 is 14.6 Å². The van der Waals surface area contributed by atoms with Gasteiger partial charge in [-0.05, 0) is 6.92 Å². The highest BCUT2D eigenvalue weighted by molar-refractivity contribution is 5.76. The number of rotatable bonds is 4. The highest BCUT2D eigenvalue weighted by Crippen LogP contribution is 2.09. The molecule has 13 heavy (non-hydrogen) atoms. The predicted octanol–water partition coefficient (Wildman–Crippen LogP) is 0.579. The monoisotopic (exact) mass is 184 g/mol. The Morgan fingerprint density at radius 3 is 2.54 bits per heavy atom. The molecule has 1 saturated heterocycles. The molecule has 0 aromatic carbocycles. The molecule has 0 aromatic heterocycles. The Hall–Kier alpha value is -1.06. The van der Waals surface area contributed by atoms with Crippen LogP contribution in [0, 0.1) is 5.92 Å². The first-order valence-electron chi connectivity index (χ1n) is 4.68. The fraction of sp³-hybridized carbons (Fsp3) is 0.778. The van der Waals surface area contributed by atoms with Crippen molar-refractivity contribution < 1.29 is 9.59 Å². The molecule has 1 unspecified atom stereocenters. The maximum Gasteiger partial charge on any atom is 0.320 e. The Balaban J connectivity index is 2.45. The molecule has 4 nitrogen and oxygen atoms in total. The van der Waals surface area contributed by atoms with Crippen LogP contribution in [0.4, 0.5) is 4.79 Å². The summed E-state index contributed by atoms with van der Waals surface area (Å²) < 4.78 is 0. The maximum absolute atomic E-state index is 11.5. The Kier molecular flexibility index (Phi) is 3.28. The summed E-state index contributed by atoms with van der Waals surface area (Å²) in [6, 6.07) is 0.0659. The second-order valence-corrected chi connectivity index (χ2v) is 3.42. The van der Waals surface area contributed by atoms with Crippen LogP contribution in [0.15, 0.2) is 0 Å². The molecule has 0 radical (unpaired) electrons. The minimum atomic E-state index is -0.0549. The van der Waals surface area contributed by atoms with Gasteiger partial charge in [0.1, 0.15) is 6.29 Å². The SMILES string of the molecule is CCN1CCN(CC(C)C=O)C1=O. The van der Waals surface area contributed by atoms with Crippen molar-refractivity contribution in [1.82, 2.24) is 9.80 Å². The second-order valence-electron chi connectivity index (χ2n) is 3.42. The van der Waals surface area contributed by atoms with Crippen molar-refractivity contribution in [2.45, 2.75) is 13.8 Å². The first kappa shape index (κ1) is 10.0. The van der Waals surface area contributed by atoms with E-state index in [1.807, 2.05) is 13.8 Å². The van der Waals surface area contributed by atoms with Crippen molar-refractivity contribution in [2.75, 3.05) is 26.2 Å². The lowest BCUT2D eigenvalue weighted by atomic mass is 10.2. The molecule has 0 N–H and O–H groups in total. The Morgan fingerprint density at radius 2 is 2.08 bits per heavy atom. The van der Waals surface area contributed by atoms with Gasteiger partial charge in [-0.3, -0.25) is 0 Å². The number of amides is 2. The van der Waals surface area contributed by atoms with E-state index in [9.17, 15) is 9.59 Å². The third kappa shape index (κ3) is 2.20. The van der Waals surface area contributed by atoms with Gasteiger partial charge in [0.05, 0.1) is 0 Å². The lowest BCUT2D eigenvalue weighted by molar-refractivity contribution is -0.110. The molecule has 1 heterocycles. The second kappa shape index (κ2) is 4.25. The minimum absolute atomic E-state index is 0.0549. The van der Waals surface area contributed by atoms with E-state index in [1.54, 1.807) is 9.80 Å². The van der Waals surface area contributed by atoms with Gasteiger partial charge in [0.25, 0.3) is 0 Å². The van der Waals surface area contributed by atoms with E-state index in [2.05, 4.69) is 0 Å². The molecule has 4 heteroatoms. The first-order valence-corrected chi connectivity index (χ1v) is 4.68. The van der Waals surface area contributed by atoms with Gasteiger partial charge in [-0.15, -0.1) is 0 Å². The number of nitrogens with zero attached hydrogens (tertiary/aromatic N) is 2. The summed E-state index contributed by atoms with van der Waals surface area (Å²) in [4.78, 5) is 25.5. The molecule has 1 fully saturated rings. The van der Waals surface area contributed by atoms with Crippen LogP contribution in [0.1, 0.15) is 13.8 Å². The molecule has 1 aliphatic rings. The van der Waals surface area contributed by atoms with Crippen LogP contribution in [0.2, 0.25) is 0 Å². The van der Waals surface area contributed by atoms with Gasteiger partial charge in [0.2, 0.25) is 0 Å². The molecular weight excluding hydrogens is 168 g/mol. The molecule has 0 aliphatic carbocycles. The number of carbonyl (C=O) groups is 2. The molecular formula is C9H16N2O2. The van der Waals surface area contributed by atoms with Crippen LogP contribution in [-0.4, -0.2) is 48.3 Å². The van der Waals surface area contributed by atoms with E-state index < -0.39 is 0 Å². The third-order valence-electron chi connectivity index (χ3n) is 2.30. The Labute approximate surface area is 78.5 Å². The molecule has 1 aliphatic heterocycles. The average Bonchev–Trinajstić information content (AvgIpc) is 2.48. The highest BCUT2D eigenvalue weighted by atomic mass is 16.2. The van der Waals surface area contributed by atoms with E-state index in [4.69, 9.17) is 0 Å². The zero-order chi connectivity index (χ0) is 9.84. The first-order chi connectivity index (χ1) is 6.19. The highest BCUT2D eigenvalue weighted by Gasteiger charge is 2.27. The van der Waals surface area contributed by atoms with Crippen molar-refractivity contribution in [3.05, 3.63) is 0 Å². The molecule has 0 saturated carbocycles. The maximum atomic E-state index is 11.5. The number of likely N-dealkylation sites (N-methyl/N-ethyl adjacent to an activating group) is 1. The molecule has 0 spiro atoms. The minimum Gasteiger partial charge on any atom is -0.323 e. The summed E-state index contributed by atoms with van der Waals surface area (Å²) in [5.74, 6) is -0.0549. The lowest BCUT2D eigenvalue weighted by Crippen LogP contribution is -2.34. The Bertz CT molecular complexity index is 206. The van der Waals surface area contributed by atoms with E-state index >= 15 is 0 Å². The predicted molar refractivity (Wildman–Crippen MR) is 49.4 cm³/mol. The topological polar surface area (TPSA) is 40.6 Å². The summed E-state index contributed by atoms with van der Waals surface area (Å²) >= 11 is 0. The molecule has 2 amide bonds. The van der Waals surface area contributed by atoms with Gasteiger partial charge in [-0.25, -0.2) is 4.79 Å². The van der Waals surface area contributed by atoms with Gasteiger partial charge in [0, 0.05) is 32.1 Å². The summed E-state index contributed by atoms with van der Waals surface area (Å²) in [7, 11) is 0. The van der Waals surface area contributed by atoms with Crippen LogP contribution in [0.3, 0.4) is 0 Å². The van der Waals surface area contributed by atoms with Crippen LogP contribution in [0.5, 0.6) is 0 Å². The lowest BCUT2D eigenvalue weighted by Gasteiger charge is -2.18. The van der Waals surface area contributed by atoms with Crippen LogP contribution < -0.4 is 0 Å². The molecule has 0 aromatic rings. The number of carbonyl (C=O) groups excluding carboxylic acids is 2. The quantitative estimate of drug-likeness (QED) is 0.600. The zero-order valence-corrected chi connectivity index (χ0v) is 8.19. The zero-order valence-electron chi connectivity index (χ0n) is 8.19. The molecule has 74 valence electrons. The summed E-state index contributed by atoms with van der Waals surface area (Å²) in [5.41, 5.74) is 0. The fourth-order valence-corrected chi connectivity index (χ4v) is 1.49. The third-order valence-corrected chi connectivity index (χ3v) is 2.30. The van der Waals surface area contributed by atoms with Crippen molar-refractivity contribution >= 4 is 12.3 Å². The number of hydrogen-bond acceptors (Lipinski definition) is 2. The van der Waals surface area contributed by atoms with Crippen LogP contribution in [-0.2, 0) is 4.79 Å². The average molecular weight is 184 g/mol. The van der Waals surface area contributed by atoms with E-state index in [1.165, 1.54) is 0 Å². The summed E-state index contributed by atoms with van der Waals surface area (Å²) in [5, 5.41) is 0. The van der Waals surface area contributed by atoms with Gasteiger partial charge >= 0.3 is 6.03 Å². The Morgan fingerprint density at radius 1 is 1.46 bits per heavy atom. The largest absolute Gasteiger partial charge is 0.323 e. The molecule has 0 bridgehead atoms. The van der Waals surface area contributed by atoms with Crippen molar-refractivity contribution in [1.29, 1.82) is 0 Å². The molecule has 1 rings (SSSR count). The number of aldehydes is 1. The van der Waals surface area contributed by atoms with Crippen molar-refractivity contribution in [3.8, 4) is 0 Å². The van der Waals surface area contributed by atoms with Crippen molar-refractivity contribution in [3.63, 3.8) is 0 Å². The van der Waals surface area contributed by atoms with Crippen LogP contribution >= 0.6 is 0 Å². The van der Waals surface area contributed by atoms with E-state index in [0.717, 1.165) is 25.9 Å². The fourth-order valence-electron chi connectivity index (χ4n) is 1.49. The van der Waals surface area contributed by atoms with Gasteiger partial charge in [-0.2, -0.15) is 0 Å². The van der Waals surface area contributed by atoms with Crippen molar-refractivity contribution in [2.24, 2.45) is 5.92 Å².